The zero-order valence-corrected chi connectivity index (χ0v) is 26.0. The van der Waals surface area contributed by atoms with Gasteiger partial charge in [0.1, 0.15) is 18.4 Å². The Morgan fingerprint density at radius 1 is 0.864 bits per heavy atom. The van der Waals surface area contributed by atoms with Gasteiger partial charge in [-0.05, 0) is 60.0 Å². The van der Waals surface area contributed by atoms with Crippen molar-refractivity contribution in [1.29, 1.82) is 0 Å². The third kappa shape index (κ3) is 8.45. The Labute approximate surface area is 263 Å². The number of rotatable bonds is 14. The average Bonchev–Trinajstić information content (AvgIpc) is 3.03. The number of anilines is 1. The molecule has 0 aromatic heterocycles. The van der Waals surface area contributed by atoms with Crippen molar-refractivity contribution in [3.63, 3.8) is 0 Å². The first kappa shape index (κ1) is 32.7. The second-order valence-electron chi connectivity index (χ2n) is 10.3. The van der Waals surface area contributed by atoms with Crippen molar-refractivity contribution in [3.8, 4) is 0 Å². The Bertz CT molecular complexity index is 1640. The Balaban J connectivity index is 1.78. The van der Waals surface area contributed by atoms with Crippen molar-refractivity contribution < 1.29 is 22.4 Å². The number of carbonyl (C=O) groups is 2. The molecule has 0 aliphatic heterocycles. The van der Waals surface area contributed by atoms with E-state index < -0.39 is 34.3 Å². The van der Waals surface area contributed by atoms with Crippen LogP contribution in [-0.2, 0) is 32.6 Å². The summed E-state index contributed by atoms with van der Waals surface area (Å²) in [5.41, 5.74) is 1.53. The number of amides is 2. The lowest BCUT2D eigenvalue weighted by molar-refractivity contribution is -0.140. The van der Waals surface area contributed by atoms with E-state index in [0.29, 0.717) is 17.1 Å². The molecule has 0 aliphatic carbocycles. The molecule has 10 heteroatoms. The lowest BCUT2D eigenvalue weighted by Crippen LogP contribution is -2.53. The number of nitrogens with one attached hydrogen (secondary N) is 1. The van der Waals surface area contributed by atoms with Crippen molar-refractivity contribution >= 4 is 39.1 Å². The number of hydrogen-bond acceptors (Lipinski definition) is 4. The smallest absolute Gasteiger partial charge is 0.264 e. The molecule has 230 valence electrons. The van der Waals surface area contributed by atoms with E-state index >= 15 is 0 Å². The third-order valence-corrected chi connectivity index (χ3v) is 9.28. The molecule has 44 heavy (non-hydrogen) atoms. The maximum Gasteiger partial charge on any atom is 0.264 e. The predicted molar refractivity (Wildman–Crippen MR) is 171 cm³/mol. The number of benzene rings is 4. The summed E-state index contributed by atoms with van der Waals surface area (Å²) in [7, 11) is -4.26. The molecular weight excluding hydrogens is 601 g/mol. The highest BCUT2D eigenvalue weighted by Gasteiger charge is 2.34. The summed E-state index contributed by atoms with van der Waals surface area (Å²) in [5.74, 6) is -1.54. The fourth-order valence-corrected chi connectivity index (χ4v) is 6.36. The van der Waals surface area contributed by atoms with Crippen LogP contribution >= 0.6 is 11.6 Å². The highest BCUT2D eigenvalue weighted by atomic mass is 35.5. The van der Waals surface area contributed by atoms with E-state index in [-0.39, 0.29) is 29.5 Å². The van der Waals surface area contributed by atoms with Crippen molar-refractivity contribution in [2.45, 2.75) is 43.7 Å². The van der Waals surface area contributed by atoms with Crippen LogP contribution in [0.25, 0.3) is 0 Å². The van der Waals surface area contributed by atoms with E-state index in [1.807, 2.05) is 37.3 Å². The SMILES string of the molecule is CCCCNC(=O)[C@@H](Cc1ccccc1)N(Cc1ccccc1Cl)C(=O)CN(c1ccc(F)cc1)S(=O)(=O)c1ccccc1. The molecule has 0 unspecified atom stereocenters. The number of carbonyl (C=O) groups excluding carboxylic acids is 2. The van der Waals surface area contributed by atoms with Gasteiger partial charge in [-0.1, -0.05) is 91.7 Å². The van der Waals surface area contributed by atoms with Crippen LogP contribution in [0, 0.1) is 5.82 Å². The Hall–Kier alpha value is -4.21. The fourth-order valence-electron chi connectivity index (χ4n) is 4.73. The van der Waals surface area contributed by atoms with E-state index in [1.165, 1.54) is 29.2 Å². The van der Waals surface area contributed by atoms with Crippen molar-refractivity contribution in [2.75, 3.05) is 17.4 Å². The molecule has 0 fully saturated rings. The second kappa shape index (κ2) is 15.5. The molecule has 0 saturated heterocycles. The molecule has 0 heterocycles. The Kier molecular flexibility index (Phi) is 11.5. The summed E-state index contributed by atoms with van der Waals surface area (Å²) in [4.78, 5) is 29.5. The van der Waals surface area contributed by atoms with Crippen molar-refractivity contribution in [2.24, 2.45) is 0 Å². The van der Waals surface area contributed by atoms with Crippen molar-refractivity contribution in [3.05, 3.63) is 131 Å². The monoisotopic (exact) mass is 635 g/mol. The minimum atomic E-state index is -4.26. The molecule has 0 aliphatic rings. The molecule has 2 amide bonds. The third-order valence-electron chi connectivity index (χ3n) is 7.12. The average molecular weight is 636 g/mol. The summed E-state index contributed by atoms with van der Waals surface area (Å²) in [5, 5.41) is 3.35. The molecule has 4 aromatic carbocycles. The van der Waals surface area contributed by atoms with E-state index in [2.05, 4.69) is 5.32 Å². The Morgan fingerprint density at radius 2 is 1.48 bits per heavy atom. The first-order valence-electron chi connectivity index (χ1n) is 14.4. The first-order chi connectivity index (χ1) is 21.2. The van der Waals surface area contributed by atoms with Crippen molar-refractivity contribution in [1.82, 2.24) is 10.2 Å². The summed E-state index contributed by atoms with van der Waals surface area (Å²) in [6, 6.07) is 27.9. The van der Waals surface area contributed by atoms with Gasteiger partial charge in [0.05, 0.1) is 10.6 Å². The van der Waals surface area contributed by atoms with Gasteiger partial charge in [-0.15, -0.1) is 0 Å². The van der Waals surface area contributed by atoms with Gasteiger partial charge in [-0.2, -0.15) is 0 Å². The van der Waals surface area contributed by atoms with E-state index in [4.69, 9.17) is 11.6 Å². The summed E-state index contributed by atoms with van der Waals surface area (Å²) in [6.07, 6.45) is 1.82. The van der Waals surface area contributed by atoms with Gasteiger partial charge in [0.15, 0.2) is 0 Å². The van der Waals surface area contributed by atoms with E-state index in [9.17, 15) is 22.4 Å². The van der Waals surface area contributed by atoms with E-state index in [1.54, 1.807) is 42.5 Å². The molecule has 0 radical (unpaired) electrons. The van der Waals surface area contributed by atoms with Gasteiger partial charge >= 0.3 is 0 Å². The van der Waals surface area contributed by atoms with Crippen LogP contribution in [-0.4, -0.2) is 44.3 Å². The van der Waals surface area contributed by atoms with Gasteiger partial charge in [-0.3, -0.25) is 13.9 Å². The zero-order chi connectivity index (χ0) is 31.5. The van der Waals surface area contributed by atoms with Crippen LogP contribution in [0.15, 0.2) is 114 Å². The molecule has 7 nitrogen and oxygen atoms in total. The molecule has 1 atom stereocenters. The van der Waals surface area contributed by atoms with Crippen LogP contribution in [0.4, 0.5) is 10.1 Å². The normalized spacial score (nSPS) is 11.9. The molecule has 1 N–H and O–H groups in total. The summed E-state index contributed by atoms with van der Waals surface area (Å²) < 4.78 is 42.6. The molecule has 0 bridgehead atoms. The highest BCUT2D eigenvalue weighted by Crippen LogP contribution is 2.26. The van der Waals surface area contributed by atoms with Crippen LogP contribution in [0.1, 0.15) is 30.9 Å². The fraction of sp³-hybridized carbons (Fsp3) is 0.235. The number of hydrogen-bond donors (Lipinski definition) is 1. The summed E-state index contributed by atoms with van der Waals surface area (Å²) >= 11 is 6.51. The lowest BCUT2D eigenvalue weighted by Gasteiger charge is -2.34. The standard InChI is InChI=1S/C34H35ClFN3O4S/c1-2-3-22-37-34(41)32(23-26-12-6-4-7-13-26)38(24-27-14-10-11-17-31(27)35)33(40)25-39(29-20-18-28(36)19-21-29)44(42,43)30-15-8-5-9-16-30/h4-21,32H,2-3,22-25H2,1H3,(H,37,41)/t32-/m1/s1. The quantitative estimate of drug-likeness (QED) is 0.166. The molecule has 4 rings (SSSR count). The molecule has 0 saturated carbocycles. The molecular formula is C34H35ClFN3O4S. The number of unbranched alkanes of at least 4 members (excludes halogenated alkanes) is 1. The number of halogens is 2. The molecule has 4 aromatic rings. The minimum absolute atomic E-state index is 0.0343. The maximum absolute atomic E-state index is 14.4. The number of nitrogens with zero attached hydrogens (tertiary/aromatic N) is 2. The summed E-state index contributed by atoms with van der Waals surface area (Å²) in [6.45, 7) is 1.76. The molecule has 0 spiro atoms. The Morgan fingerprint density at radius 3 is 2.11 bits per heavy atom. The lowest BCUT2D eigenvalue weighted by atomic mass is 10.0. The maximum atomic E-state index is 14.4. The number of sulfonamides is 1. The highest BCUT2D eigenvalue weighted by molar-refractivity contribution is 7.92. The zero-order valence-electron chi connectivity index (χ0n) is 24.4. The van der Waals surface area contributed by atoms with Crippen LogP contribution in [0.2, 0.25) is 5.02 Å². The van der Waals surface area contributed by atoms with Gasteiger partial charge in [0.25, 0.3) is 10.0 Å². The van der Waals surface area contributed by atoms with Gasteiger partial charge < -0.3 is 10.2 Å². The van der Waals surface area contributed by atoms with Crippen LogP contribution in [0.5, 0.6) is 0 Å². The first-order valence-corrected chi connectivity index (χ1v) is 16.2. The van der Waals surface area contributed by atoms with Gasteiger partial charge in [0.2, 0.25) is 11.8 Å². The van der Waals surface area contributed by atoms with E-state index in [0.717, 1.165) is 34.8 Å². The topological polar surface area (TPSA) is 86.8 Å². The second-order valence-corrected chi connectivity index (χ2v) is 12.5. The van der Waals surface area contributed by atoms with Gasteiger partial charge in [0, 0.05) is 24.5 Å². The van der Waals surface area contributed by atoms with Crippen LogP contribution in [0.3, 0.4) is 0 Å². The largest absolute Gasteiger partial charge is 0.354 e. The van der Waals surface area contributed by atoms with Gasteiger partial charge in [-0.25, -0.2) is 12.8 Å². The minimum Gasteiger partial charge on any atom is -0.354 e. The predicted octanol–water partition coefficient (Wildman–Crippen LogP) is 6.23. The van der Waals surface area contributed by atoms with Crippen LogP contribution < -0.4 is 9.62 Å².